The van der Waals surface area contributed by atoms with Gasteiger partial charge in [0, 0.05) is 24.8 Å². The third kappa shape index (κ3) is 6.10. The second kappa shape index (κ2) is 12.1. The quantitative estimate of drug-likeness (QED) is 0.233. The molecule has 35 heavy (non-hydrogen) atoms. The summed E-state index contributed by atoms with van der Waals surface area (Å²) in [6, 6.07) is 12.9. The SMILES string of the molecule is CCCCN(CCCC)C(CC)Oc1ccc(S(=O)(=O)c2c(C(C)C)cc3c(C)cccn23)cc1. The number of ether oxygens (including phenoxy) is 1. The normalized spacial score (nSPS) is 13.1. The highest BCUT2D eigenvalue weighted by atomic mass is 32.2. The van der Waals surface area contributed by atoms with Crippen molar-refractivity contribution >= 4 is 15.4 Å². The van der Waals surface area contributed by atoms with E-state index in [0.29, 0.717) is 10.8 Å². The monoisotopic (exact) mass is 498 g/mol. The predicted octanol–water partition coefficient (Wildman–Crippen LogP) is 7.22. The third-order valence-electron chi connectivity index (χ3n) is 6.64. The molecule has 2 aromatic heterocycles. The van der Waals surface area contributed by atoms with Gasteiger partial charge in [0.05, 0.1) is 4.90 Å². The van der Waals surface area contributed by atoms with Crippen molar-refractivity contribution in [3.05, 3.63) is 59.8 Å². The van der Waals surface area contributed by atoms with Gasteiger partial charge in [0.1, 0.15) is 10.8 Å². The lowest BCUT2D eigenvalue weighted by Gasteiger charge is -2.31. The molecule has 2 heterocycles. The van der Waals surface area contributed by atoms with Gasteiger partial charge in [-0.2, -0.15) is 0 Å². The summed E-state index contributed by atoms with van der Waals surface area (Å²) in [6.07, 6.45) is 7.29. The summed E-state index contributed by atoms with van der Waals surface area (Å²) in [5.74, 6) is 0.790. The lowest BCUT2D eigenvalue weighted by atomic mass is 10.1. The number of fused-ring (bicyclic) bond motifs is 1. The minimum absolute atomic E-state index is 0.0133. The van der Waals surface area contributed by atoms with Crippen LogP contribution in [0.15, 0.2) is 58.6 Å². The van der Waals surface area contributed by atoms with Gasteiger partial charge in [-0.3, -0.25) is 4.90 Å². The fourth-order valence-electron chi connectivity index (χ4n) is 4.54. The van der Waals surface area contributed by atoms with Crippen molar-refractivity contribution in [3.8, 4) is 5.75 Å². The number of aromatic nitrogens is 1. The zero-order valence-corrected chi connectivity index (χ0v) is 23.1. The van der Waals surface area contributed by atoms with Crippen molar-refractivity contribution in [2.75, 3.05) is 13.1 Å². The first-order chi connectivity index (χ1) is 16.7. The molecule has 0 saturated heterocycles. The van der Waals surface area contributed by atoms with E-state index < -0.39 is 9.84 Å². The summed E-state index contributed by atoms with van der Waals surface area (Å²) in [5.41, 5.74) is 2.83. The number of aryl methyl sites for hydroxylation is 1. The van der Waals surface area contributed by atoms with Gasteiger partial charge >= 0.3 is 0 Å². The highest BCUT2D eigenvalue weighted by Gasteiger charge is 2.28. The Morgan fingerprint density at radius 2 is 1.60 bits per heavy atom. The number of nitrogens with zero attached hydrogens (tertiary/aromatic N) is 2. The van der Waals surface area contributed by atoms with E-state index in [1.807, 2.05) is 49.6 Å². The Balaban J connectivity index is 1.91. The van der Waals surface area contributed by atoms with Gasteiger partial charge in [0.15, 0.2) is 6.23 Å². The molecule has 5 nitrogen and oxygen atoms in total. The van der Waals surface area contributed by atoms with E-state index in [1.165, 1.54) is 0 Å². The molecule has 3 aromatic rings. The van der Waals surface area contributed by atoms with Crippen LogP contribution in [0.3, 0.4) is 0 Å². The van der Waals surface area contributed by atoms with Gasteiger partial charge in [-0.15, -0.1) is 0 Å². The second-order valence-corrected chi connectivity index (χ2v) is 11.6. The summed E-state index contributed by atoms with van der Waals surface area (Å²) >= 11 is 0. The van der Waals surface area contributed by atoms with Crippen molar-refractivity contribution in [1.29, 1.82) is 0 Å². The molecule has 1 atom stereocenters. The lowest BCUT2D eigenvalue weighted by Crippen LogP contribution is -2.40. The van der Waals surface area contributed by atoms with Crippen LogP contribution in [0.1, 0.15) is 83.8 Å². The first-order valence-corrected chi connectivity index (χ1v) is 14.6. The zero-order valence-electron chi connectivity index (χ0n) is 22.3. The molecule has 1 aromatic carbocycles. The van der Waals surface area contributed by atoms with Crippen LogP contribution in [0.5, 0.6) is 5.75 Å². The molecule has 6 heteroatoms. The van der Waals surface area contributed by atoms with Crippen molar-refractivity contribution < 1.29 is 13.2 Å². The minimum atomic E-state index is -3.71. The number of hydrogen-bond acceptors (Lipinski definition) is 4. The molecule has 0 radical (unpaired) electrons. The highest BCUT2D eigenvalue weighted by molar-refractivity contribution is 7.91. The van der Waals surface area contributed by atoms with Crippen LogP contribution in [-0.4, -0.2) is 37.0 Å². The average Bonchev–Trinajstić information content (AvgIpc) is 3.26. The van der Waals surface area contributed by atoms with Gasteiger partial charge in [0.2, 0.25) is 9.84 Å². The summed E-state index contributed by atoms with van der Waals surface area (Å²) in [6.45, 7) is 14.7. The Bertz CT molecular complexity index is 1190. The molecule has 0 saturated carbocycles. The fourth-order valence-corrected chi connectivity index (χ4v) is 6.28. The van der Waals surface area contributed by atoms with Crippen LogP contribution < -0.4 is 4.74 Å². The van der Waals surface area contributed by atoms with Gasteiger partial charge in [-0.05, 0) is 79.6 Å². The Morgan fingerprint density at radius 1 is 0.971 bits per heavy atom. The fraction of sp³-hybridized carbons (Fsp3) is 0.517. The molecule has 0 aliphatic carbocycles. The Kier molecular flexibility index (Phi) is 9.42. The smallest absolute Gasteiger partial charge is 0.222 e. The van der Waals surface area contributed by atoms with E-state index in [-0.39, 0.29) is 17.0 Å². The molecule has 0 amide bonds. The van der Waals surface area contributed by atoms with Crippen LogP contribution >= 0.6 is 0 Å². The first kappa shape index (κ1) is 27.3. The number of benzene rings is 1. The predicted molar refractivity (Wildman–Crippen MR) is 144 cm³/mol. The van der Waals surface area contributed by atoms with Crippen molar-refractivity contribution in [3.63, 3.8) is 0 Å². The molecule has 0 aliphatic heterocycles. The maximum absolute atomic E-state index is 13.8. The van der Waals surface area contributed by atoms with Gasteiger partial charge < -0.3 is 9.14 Å². The summed E-state index contributed by atoms with van der Waals surface area (Å²) in [5, 5.41) is 0.358. The molecular weight excluding hydrogens is 456 g/mol. The largest absolute Gasteiger partial charge is 0.475 e. The van der Waals surface area contributed by atoms with Crippen LogP contribution in [0.2, 0.25) is 0 Å². The van der Waals surface area contributed by atoms with E-state index in [4.69, 9.17) is 4.74 Å². The molecule has 3 rings (SSSR count). The molecule has 0 N–H and O–H groups in total. The molecule has 0 aliphatic rings. The molecule has 1 unspecified atom stereocenters. The van der Waals surface area contributed by atoms with Gasteiger partial charge in [-0.1, -0.05) is 53.5 Å². The number of unbranched alkanes of at least 4 members (excludes halogenated alkanes) is 2. The molecular formula is C29H42N2O3S. The zero-order chi connectivity index (χ0) is 25.6. The van der Waals surface area contributed by atoms with E-state index >= 15 is 0 Å². The van der Waals surface area contributed by atoms with E-state index in [1.54, 1.807) is 24.3 Å². The maximum atomic E-state index is 13.8. The number of hydrogen-bond donors (Lipinski definition) is 0. The number of sulfone groups is 1. The Morgan fingerprint density at radius 3 is 2.14 bits per heavy atom. The Labute approximate surface area is 212 Å². The maximum Gasteiger partial charge on any atom is 0.222 e. The van der Waals surface area contributed by atoms with Crippen LogP contribution in [0.25, 0.3) is 5.52 Å². The van der Waals surface area contributed by atoms with Crippen molar-refractivity contribution in [1.82, 2.24) is 9.30 Å². The third-order valence-corrected chi connectivity index (χ3v) is 8.47. The highest BCUT2D eigenvalue weighted by Crippen LogP contribution is 2.33. The molecule has 0 spiro atoms. The van der Waals surface area contributed by atoms with Gasteiger partial charge in [0.25, 0.3) is 0 Å². The number of pyridine rings is 1. The van der Waals surface area contributed by atoms with E-state index in [0.717, 1.165) is 61.8 Å². The number of rotatable bonds is 13. The van der Waals surface area contributed by atoms with E-state index in [2.05, 4.69) is 25.7 Å². The van der Waals surface area contributed by atoms with Crippen LogP contribution in [0, 0.1) is 6.92 Å². The second-order valence-electron chi connectivity index (χ2n) is 9.70. The first-order valence-electron chi connectivity index (χ1n) is 13.1. The van der Waals surface area contributed by atoms with E-state index in [9.17, 15) is 8.42 Å². The summed E-state index contributed by atoms with van der Waals surface area (Å²) in [4.78, 5) is 2.71. The minimum Gasteiger partial charge on any atom is -0.475 e. The average molecular weight is 499 g/mol. The topological polar surface area (TPSA) is 51.0 Å². The molecule has 0 bridgehead atoms. The molecule has 192 valence electrons. The Hall–Kier alpha value is -2.31. The van der Waals surface area contributed by atoms with Crippen molar-refractivity contribution in [2.45, 2.75) is 95.7 Å². The van der Waals surface area contributed by atoms with Crippen LogP contribution in [0.4, 0.5) is 0 Å². The van der Waals surface area contributed by atoms with Crippen LogP contribution in [-0.2, 0) is 9.84 Å². The summed E-state index contributed by atoms with van der Waals surface area (Å²) < 4.78 is 35.8. The lowest BCUT2D eigenvalue weighted by molar-refractivity contribution is 0.0202. The van der Waals surface area contributed by atoms with Gasteiger partial charge in [-0.25, -0.2) is 8.42 Å². The standard InChI is InChI=1S/C29H42N2O3S/c1-7-10-18-30(19-11-8-2)28(9-3)34-24-14-16-25(17-15-24)35(32,33)29-26(22(4)5)21-27-23(6)13-12-20-31(27)29/h12-17,20-22,28H,7-11,18-19H2,1-6H3. The summed E-state index contributed by atoms with van der Waals surface area (Å²) in [7, 11) is -3.71. The van der Waals surface area contributed by atoms with Crippen molar-refractivity contribution in [2.24, 2.45) is 0 Å². The molecule has 0 fully saturated rings.